The summed E-state index contributed by atoms with van der Waals surface area (Å²) in [5.41, 5.74) is 1.32. The van der Waals surface area contributed by atoms with Gasteiger partial charge in [0.1, 0.15) is 17.9 Å². The van der Waals surface area contributed by atoms with Crippen LogP contribution in [-0.4, -0.2) is 28.9 Å². The van der Waals surface area contributed by atoms with E-state index in [2.05, 4.69) is 5.32 Å². The third-order valence-corrected chi connectivity index (χ3v) is 5.22. The quantitative estimate of drug-likeness (QED) is 0.405. The molecule has 3 aromatic carbocycles. The second kappa shape index (κ2) is 9.60. The van der Waals surface area contributed by atoms with Crippen LogP contribution in [0.25, 0.3) is 6.08 Å². The Hall–Kier alpha value is -4.43. The summed E-state index contributed by atoms with van der Waals surface area (Å²) in [7, 11) is 0. The number of hydrogen-bond acceptors (Lipinski definition) is 5. The summed E-state index contributed by atoms with van der Waals surface area (Å²) in [6.45, 7) is 0.132. The van der Waals surface area contributed by atoms with E-state index in [1.807, 2.05) is 0 Å². The van der Waals surface area contributed by atoms with Gasteiger partial charge in [-0.1, -0.05) is 48.0 Å². The second-order valence-electron chi connectivity index (χ2n) is 7.27. The molecule has 8 nitrogen and oxygen atoms in total. The predicted octanol–water partition coefficient (Wildman–Crippen LogP) is 4.28. The number of ether oxygens (including phenoxy) is 1. The maximum atomic E-state index is 13.1. The van der Waals surface area contributed by atoms with Gasteiger partial charge in [0.05, 0.1) is 11.3 Å². The number of hydrogen-bond donors (Lipinski definition) is 2. The van der Waals surface area contributed by atoms with Crippen LogP contribution in [0.15, 0.2) is 78.4 Å². The lowest BCUT2D eigenvalue weighted by atomic mass is 10.1. The van der Waals surface area contributed by atoms with Gasteiger partial charge in [-0.05, 0) is 48.0 Å². The summed E-state index contributed by atoms with van der Waals surface area (Å²) >= 11 is 5.99. The molecule has 0 atom stereocenters. The molecule has 1 saturated heterocycles. The van der Waals surface area contributed by atoms with Gasteiger partial charge in [0.2, 0.25) is 0 Å². The number of imide groups is 2. The van der Waals surface area contributed by atoms with Gasteiger partial charge in [-0.25, -0.2) is 14.5 Å². The number of carbonyl (C=O) groups excluding carboxylic acids is 3. The van der Waals surface area contributed by atoms with E-state index in [1.54, 1.807) is 48.5 Å². The molecule has 0 bridgehead atoms. The minimum Gasteiger partial charge on any atom is -0.488 e. The number of barbiturate groups is 1. The topological polar surface area (TPSA) is 113 Å². The summed E-state index contributed by atoms with van der Waals surface area (Å²) in [6, 6.07) is 18.3. The van der Waals surface area contributed by atoms with Crippen molar-refractivity contribution < 1.29 is 29.0 Å². The maximum Gasteiger partial charge on any atom is 0.335 e. The van der Waals surface area contributed by atoms with Crippen molar-refractivity contribution >= 4 is 47.2 Å². The van der Waals surface area contributed by atoms with Gasteiger partial charge in [-0.2, -0.15) is 0 Å². The standard InChI is InChI=1S/C25H17ClN2O6/c26-18-5-3-6-19(13-18)28-23(30)20(22(29)27-25(28)33)12-17-4-1-2-7-21(17)34-14-15-8-10-16(11-9-15)24(31)32/h1-13H,14H2,(H,31,32)(H,27,29,33)/b20-12+. The molecule has 0 radical (unpaired) electrons. The Morgan fingerprint density at radius 3 is 2.44 bits per heavy atom. The summed E-state index contributed by atoms with van der Waals surface area (Å²) in [6.07, 6.45) is 1.35. The highest BCUT2D eigenvalue weighted by molar-refractivity contribution is 6.39. The van der Waals surface area contributed by atoms with Gasteiger partial charge in [0.25, 0.3) is 11.8 Å². The summed E-state index contributed by atoms with van der Waals surface area (Å²) in [4.78, 5) is 49.8. The molecule has 1 aliphatic rings. The van der Waals surface area contributed by atoms with E-state index in [9.17, 15) is 19.2 Å². The molecule has 4 amide bonds. The smallest absolute Gasteiger partial charge is 0.335 e. The normalized spacial score (nSPS) is 14.8. The van der Waals surface area contributed by atoms with Crippen molar-refractivity contribution in [3.05, 3.63) is 100 Å². The molecular weight excluding hydrogens is 460 g/mol. The van der Waals surface area contributed by atoms with Crippen molar-refractivity contribution in [2.45, 2.75) is 6.61 Å². The van der Waals surface area contributed by atoms with E-state index in [4.69, 9.17) is 21.4 Å². The number of carboxylic acids is 1. The van der Waals surface area contributed by atoms with Crippen molar-refractivity contribution in [2.75, 3.05) is 4.90 Å². The lowest BCUT2D eigenvalue weighted by molar-refractivity contribution is -0.122. The number of aromatic carboxylic acids is 1. The number of rotatable bonds is 6. The predicted molar refractivity (Wildman–Crippen MR) is 125 cm³/mol. The Morgan fingerprint density at radius 2 is 1.74 bits per heavy atom. The third-order valence-electron chi connectivity index (χ3n) is 4.98. The lowest BCUT2D eigenvalue weighted by Gasteiger charge is -2.26. The van der Waals surface area contributed by atoms with Crippen LogP contribution >= 0.6 is 11.6 Å². The molecule has 0 unspecified atom stereocenters. The van der Waals surface area contributed by atoms with E-state index < -0.39 is 23.8 Å². The Labute approximate surface area is 199 Å². The largest absolute Gasteiger partial charge is 0.488 e. The fraction of sp³-hybridized carbons (Fsp3) is 0.0400. The van der Waals surface area contributed by atoms with Crippen LogP contribution < -0.4 is 15.0 Å². The molecule has 4 rings (SSSR count). The molecule has 0 aromatic heterocycles. The van der Waals surface area contributed by atoms with E-state index in [0.29, 0.717) is 16.3 Å². The average molecular weight is 477 g/mol. The second-order valence-corrected chi connectivity index (χ2v) is 7.70. The average Bonchev–Trinajstić information content (AvgIpc) is 2.81. The minimum absolute atomic E-state index is 0.132. The first-order valence-electron chi connectivity index (χ1n) is 10.0. The molecule has 0 spiro atoms. The number of halogens is 1. The van der Waals surface area contributed by atoms with Gasteiger partial charge in [0, 0.05) is 10.6 Å². The van der Waals surface area contributed by atoms with Crippen molar-refractivity contribution in [3.8, 4) is 5.75 Å². The van der Waals surface area contributed by atoms with Gasteiger partial charge in [-0.15, -0.1) is 0 Å². The number of benzene rings is 3. The molecule has 1 aliphatic heterocycles. The zero-order valence-corrected chi connectivity index (χ0v) is 18.3. The highest BCUT2D eigenvalue weighted by Crippen LogP contribution is 2.27. The Balaban J connectivity index is 1.60. The number of carboxylic acid groups (broad SMARTS) is 1. The molecule has 2 N–H and O–H groups in total. The molecule has 0 aliphatic carbocycles. The SMILES string of the molecule is O=C1NC(=O)N(c2cccc(Cl)c2)C(=O)/C1=C/c1ccccc1OCc1ccc(C(=O)O)cc1. The fourth-order valence-electron chi connectivity index (χ4n) is 3.30. The van der Waals surface area contributed by atoms with Gasteiger partial charge < -0.3 is 9.84 Å². The van der Waals surface area contributed by atoms with E-state index in [1.165, 1.54) is 30.3 Å². The fourth-order valence-corrected chi connectivity index (χ4v) is 3.48. The van der Waals surface area contributed by atoms with Crippen molar-refractivity contribution in [1.29, 1.82) is 0 Å². The van der Waals surface area contributed by atoms with Crippen LogP contribution in [0.4, 0.5) is 10.5 Å². The molecule has 1 fully saturated rings. The Morgan fingerprint density at radius 1 is 1.00 bits per heavy atom. The summed E-state index contributed by atoms with van der Waals surface area (Å²) in [5.74, 6) is -2.25. The third kappa shape index (κ3) is 4.82. The number of para-hydroxylation sites is 1. The first kappa shape index (κ1) is 22.8. The molecule has 170 valence electrons. The highest BCUT2D eigenvalue weighted by Gasteiger charge is 2.37. The van der Waals surface area contributed by atoms with Gasteiger partial charge in [0.15, 0.2) is 0 Å². The van der Waals surface area contributed by atoms with Crippen molar-refractivity contribution in [3.63, 3.8) is 0 Å². The Kier molecular flexibility index (Phi) is 6.42. The molecule has 0 saturated carbocycles. The van der Waals surface area contributed by atoms with Crippen LogP contribution in [0.3, 0.4) is 0 Å². The lowest BCUT2D eigenvalue weighted by Crippen LogP contribution is -2.54. The number of anilines is 1. The number of carbonyl (C=O) groups is 4. The summed E-state index contributed by atoms with van der Waals surface area (Å²) in [5, 5.41) is 11.5. The number of nitrogens with zero attached hydrogens (tertiary/aromatic N) is 1. The first-order chi connectivity index (χ1) is 16.3. The zero-order valence-electron chi connectivity index (χ0n) is 17.5. The maximum absolute atomic E-state index is 13.1. The Bertz CT molecular complexity index is 1330. The van der Waals surface area contributed by atoms with Crippen LogP contribution in [0, 0.1) is 0 Å². The number of amides is 4. The van der Waals surface area contributed by atoms with E-state index in [0.717, 1.165) is 10.5 Å². The number of nitrogens with one attached hydrogen (secondary N) is 1. The highest BCUT2D eigenvalue weighted by atomic mass is 35.5. The van der Waals surface area contributed by atoms with Crippen molar-refractivity contribution in [1.82, 2.24) is 5.32 Å². The monoisotopic (exact) mass is 476 g/mol. The summed E-state index contributed by atoms with van der Waals surface area (Å²) < 4.78 is 5.85. The van der Waals surface area contributed by atoms with Crippen LogP contribution in [-0.2, 0) is 16.2 Å². The van der Waals surface area contributed by atoms with Crippen molar-refractivity contribution in [2.24, 2.45) is 0 Å². The van der Waals surface area contributed by atoms with Crippen LogP contribution in [0.1, 0.15) is 21.5 Å². The first-order valence-corrected chi connectivity index (χ1v) is 10.4. The van der Waals surface area contributed by atoms with E-state index in [-0.39, 0.29) is 23.4 Å². The molecule has 9 heteroatoms. The molecule has 1 heterocycles. The van der Waals surface area contributed by atoms with Crippen LogP contribution in [0.2, 0.25) is 5.02 Å². The van der Waals surface area contributed by atoms with E-state index >= 15 is 0 Å². The molecule has 3 aromatic rings. The van der Waals surface area contributed by atoms with Gasteiger partial charge >= 0.3 is 12.0 Å². The zero-order chi connectivity index (χ0) is 24.2. The van der Waals surface area contributed by atoms with Gasteiger partial charge in [-0.3, -0.25) is 14.9 Å². The molecular formula is C25H17ClN2O6. The number of urea groups is 1. The minimum atomic E-state index is -1.02. The van der Waals surface area contributed by atoms with Crippen LogP contribution in [0.5, 0.6) is 5.75 Å². The molecule has 34 heavy (non-hydrogen) atoms.